The van der Waals surface area contributed by atoms with Gasteiger partial charge in [0.2, 0.25) is 6.10 Å². The van der Waals surface area contributed by atoms with Gasteiger partial charge in [0.15, 0.2) is 5.75 Å². The van der Waals surface area contributed by atoms with Crippen molar-refractivity contribution in [2.75, 3.05) is 5.32 Å². The average molecular weight is 270 g/mol. The van der Waals surface area contributed by atoms with E-state index in [1.54, 1.807) is 24.3 Å². The Morgan fingerprint density at radius 3 is 2.60 bits per heavy atom. The Morgan fingerprint density at radius 1 is 1.15 bits per heavy atom. The van der Waals surface area contributed by atoms with Crippen molar-refractivity contribution < 1.29 is 14.5 Å². The molecule has 6 heteroatoms. The zero-order valence-electron chi connectivity index (χ0n) is 10.3. The largest absolute Gasteiger partial charge is 0.473 e. The molecule has 6 nitrogen and oxygen atoms in total. The van der Waals surface area contributed by atoms with Gasteiger partial charge in [0.25, 0.3) is 11.6 Å². The smallest absolute Gasteiger partial charge is 0.273 e. The average Bonchev–Trinajstić information content (AvgIpc) is 2.47. The fourth-order valence-electron chi connectivity index (χ4n) is 2.05. The molecule has 2 aromatic rings. The molecule has 0 saturated heterocycles. The number of ether oxygens (including phenoxy) is 1. The molecule has 1 atom stereocenters. The second-order valence-electron chi connectivity index (χ2n) is 4.34. The Bertz CT molecular complexity index is 685. The zero-order chi connectivity index (χ0) is 14.1. The van der Waals surface area contributed by atoms with Gasteiger partial charge >= 0.3 is 0 Å². The van der Waals surface area contributed by atoms with Gasteiger partial charge in [-0.05, 0) is 6.07 Å². The SMILES string of the molecule is O=C1Nc2ccc([N+](=O)[O-])cc2OC1c1ccccc1. The number of hydrogen-bond acceptors (Lipinski definition) is 4. The highest BCUT2D eigenvalue weighted by atomic mass is 16.6. The third-order valence-electron chi connectivity index (χ3n) is 3.02. The first-order chi connectivity index (χ1) is 9.65. The third kappa shape index (κ3) is 2.07. The standard InChI is InChI=1S/C14H10N2O4/c17-14-13(9-4-2-1-3-5-9)20-12-8-10(16(18)19)6-7-11(12)15-14/h1-8,13H,(H,15,17). The summed E-state index contributed by atoms with van der Waals surface area (Å²) >= 11 is 0. The molecule has 1 heterocycles. The van der Waals surface area contributed by atoms with Gasteiger partial charge in [-0.2, -0.15) is 0 Å². The second kappa shape index (κ2) is 4.65. The molecule has 3 rings (SSSR count). The molecule has 0 radical (unpaired) electrons. The van der Waals surface area contributed by atoms with Crippen LogP contribution in [0.5, 0.6) is 5.75 Å². The summed E-state index contributed by atoms with van der Waals surface area (Å²) in [4.78, 5) is 22.3. The molecular weight excluding hydrogens is 260 g/mol. The number of benzene rings is 2. The number of nitrogens with one attached hydrogen (secondary N) is 1. The molecule has 0 spiro atoms. The maximum Gasteiger partial charge on any atom is 0.273 e. The van der Waals surface area contributed by atoms with Crippen LogP contribution in [0.2, 0.25) is 0 Å². The molecule has 0 aliphatic carbocycles. The Morgan fingerprint density at radius 2 is 1.90 bits per heavy atom. The molecule has 1 aliphatic heterocycles. The van der Waals surface area contributed by atoms with E-state index >= 15 is 0 Å². The van der Waals surface area contributed by atoms with Gasteiger partial charge in [0, 0.05) is 11.6 Å². The summed E-state index contributed by atoms with van der Waals surface area (Å²) in [5.74, 6) is 0.00482. The second-order valence-corrected chi connectivity index (χ2v) is 4.34. The Labute approximate surface area is 114 Å². The summed E-state index contributed by atoms with van der Waals surface area (Å²) in [5, 5.41) is 13.5. The van der Waals surface area contributed by atoms with Crippen molar-refractivity contribution in [2.24, 2.45) is 0 Å². The van der Waals surface area contributed by atoms with Crippen LogP contribution in [0.1, 0.15) is 11.7 Å². The van der Waals surface area contributed by atoms with Gasteiger partial charge < -0.3 is 10.1 Å². The van der Waals surface area contributed by atoms with Crippen molar-refractivity contribution >= 4 is 17.3 Å². The van der Waals surface area contributed by atoms with Crippen molar-refractivity contribution in [2.45, 2.75) is 6.10 Å². The van der Waals surface area contributed by atoms with Gasteiger partial charge in [-0.15, -0.1) is 0 Å². The number of carbonyl (C=O) groups excluding carboxylic acids is 1. The summed E-state index contributed by atoms with van der Waals surface area (Å²) < 4.78 is 5.60. The topological polar surface area (TPSA) is 81.5 Å². The lowest BCUT2D eigenvalue weighted by Crippen LogP contribution is -2.30. The summed E-state index contributed by atoms with van der Waals surface area (Å²) in [6.45, 7) is 0. The lowest BCUT2D eigenvalue weighted by molar-refractivity contribution is -0.384. The number of non-ortho nitro benzene ring substituents is 1. The lowest BCUT2D eigenvalue weighted by Gasteiger charge is -2.25. The molecule has 100 valence electrons. The maximum atomic E-state index is 12.0. The molecular formula is C14H10N2O4. The van der Waals surface area contributed by atoms with Crippen LogP contribution in [0.25, 0.3) is 0 Å². The van der Waals surface area contributed by atoms with E-state index in [1.807, 2.05) is 6.07 Å². The van der Waals surface area contributed by atoms with Crippen molar-refractivity contribution in [1.29, 1.82) is 0 Å². The summed E-state index contributed by atoms with van der Waals surface area (Å²) in [6, 6.07) is 13.1. The third-order valence-corrected chi connectivity index (χ3v) is 3.02. The van der Waals surface area contributed by atoms with Crippen LogP contribution in [0.3, 0.4) is 0 Å². The van der Waals surface area contributed by atoms with E-state index in [1.165, 1.54) is 18.2 Å². The van der Waals surface area contributed by atoms with E-state index in [0.29, 0.717) is 17.0 Å². The van der Waals surface area contributed by atoms with E-state index in [4.69, 9.17) is 4.74 Å². The number of nitro groups is 1. The number of fused-ring (bicyclic) bond motifs is 1. The van der Waals surface area contributed by atoms with Crippen LogP contribution < -0.4 is 10.1 Å². The number of nitro benzene ring substituents is 1. The van der Waals surface area contributed by atoms with Crippen molar-refractivity contribution in [3.63, 3.8) is 0 Å². The summed E-state index contributed by atoms with van der Waals surface area (Å²) in [7, 11) is 0. The van der Waals surface area contributed by atoms with Crippen molar-refractivity contribution in [3.05, 3.63) is 64.2 Å². The van der Waals surface area contributed by atoms with Crippen LogP contribution in [0.15, 0.2) is 48.5 Å². The monoisotopic (exact) mass is 270 g/mol. The number of anilines is 1. The van der Waals surface area contributed by atoms with Gasteiger partial charge in [-0.25, -0.2) is 0 Å². The van der Waals surface area contributed by atoms with Crippen molar-refractivity contribution in [3.8, 4) is 5.75 Å². The van der Waals surface area contributed by atoms with E-state index in [0.717, 1.165) is 0 Å². The molecule has 0 aromatic heterocycles. The highest BCUT2D eigenvalue weighted by Crippen LogP contribution is 2.37. The van der Waals surface area contributed by atoms with Crippen molar-refractivity contribution in [1.82, 2.24) is 0 Å². The van der Waals surface area contributed by atoms with E-state index in [2.05, 4.69) is 5.32 Å². The van der Waals surface area contributed by atoms with E-state index in [-0.39, 0.29) is 11.6 Å². The van der Waals surface area contributed by atoms with Gasteiger partial charge in [-0.3, -0.25) is 14.9 Å². The highest BCUT2D eigenvalue weighted by molar-refractivity contribution is 5.98. The lowest BCUT2D eigenvalue weighted by atomic mass is 10.1. The summed E-state index contributed by atoms with van der Waals surface area (Å²) in [5.41, 5.74) is 1.06. The number of rotatable bonds is 2. The van der Waals surface area contributed by atoms with Crippen LogP contribution in [-0.2, 0) is 4.79 Å². The Balaban J connectivity index is 1.98. The molecule has 1 aliphatic rings. The first-order valence-electron chi connectivity index (χ1n) is 5.96. The van der Waals surface area contributed by atoms with Crippen LogP contribution in [0, 0.1) is 10.1 Å². The minimum absolute atomic E-state index is 0.0771. The number of hydrogen-bond donors (Lipinski definition) is 1. The molecule has 1 unspecified atom stereocenters. The van der Waals surface area contributed by atoms with Gasteiger partial charge in [0.1, 0.15) is 0 Å². The predicted molar refractivity (Wildman–Crippen MR) is 71.5 cm³/mol. The van der Waals surface area contributed by atoms with E-state index in [9.17, 15) is 14.9 Å². The molecule has 0 saturated carbocycles. The first kappa shape index (κ1) is 12.2. The summed E-state index contributed by atoms with van der Waals surface area (Å²) in [6.07, 6.45) is -0.800. The fraction of sp³-hybridized carbons (Fsp3) is 0.0714. The molecule has 20 heavy (non-hydrogen) atoms. The van der Waals surface area contributed by atoms with Crippen LogP contribution >= 0.6 is 0 Å². The van der Waals surface area contributed by atoms with E-state index < -0.39 is 11.0 Å². The molecule has 2 aromatic carbocycles. The Kier molecular flexibility index (Phi) is 2.83. The van der Waals surface area contributed by atoms with Gasteiger partial charge in [0.05, 0.1) is 16.7 Å². The maximum absolute atomic E-state index is 12.0. The molecule has 1 N–H and O–H groups in total. The zero-order valence-corrected chi connectivity index (χ0v) is 10.3. The first-order valence-corrected chi connectivity index (χ1v) is 5.96. The normalized spacial score (nSPS) is 16.8. The van der Waals surface area contributed by atoms with Crippen LogP contribution in [0.4, 0.5) is 11.4 Å². The number of carbonyl (C=O) groups is 1. The molecule has 1 amide bonds. The van der Waals surface area contributed by atoms with Gasteiger partial charge in [-0.1, -0.05) is 30.3 Å². The predicted octanol–water partition coefficient (Wildman–Crippen LogP) is 2.67. The number of nitrogens with zero attached hydrogens (tertiary/aromatic N) is 1. The minimum atomic E-state index is -0.800. The fourth-order valence-corrected chi connectivity index (χ4v) is 2.05. The minimum Gasteiger partial charge on any atom is -0.473 e. The molecule has 0 fully saturated rings. The number of amides is 1. The van der Waals surface area contributed by atoms with Crippen LogP contribution in [-0.4, -0.2) is 10.8 Å². The Hall–Kier alpha value is -2.89. The quantitative estimate of drug-likeness (QED) is 0.671. The highest BCUT2D eigenvalue weighted by Gasteiger charge is 2.30. The molecule has 0 bridgehead atoms.